The normalized spacial score (nSPS) is 18.2. The number of halogens is 1. The Morgan fingerprint density at radius 2 is 1.93 bits per heavy atom. The Morgan fingerprint density at radius 3 is 2.57 bits per heavy atom. The highest BCUT2D eigenvalue weighted by molar-refractivity contribution is 7.81. The fraction of sp³-hybridized carbons (Fsp3) is 0.250. The maximum absolute atomic E-state index is 11.6. The molecule has 3 heterocycles. The molecule has 28 heavy (non-hydrogen) atoms. The van der Waals surface area contributed by atoms with Gasteiger partial charge in [-0.25, -0.2) is 0 Å². The van der Waals surface area contributed by atoms with Gasteiger partial charge in [-0.1, -0.05) is 28.9 Å². The lowest BCUT2D eigenvalue weighted by Gasteiger charge is -2.20. The number of aryl methyl sites for hydroxylation is 2. The first kappa shape index (κ1) is 19.2. The highest BCUT2D eigenvalue weighted by Crippen LogP contribution is 2.49. The zero-order chi connectivity index (χ0) is 20.2. The molecule has 0 aliphatic carbocycles. The minimum Gasteiger partial charge on any atom is -0.481 e. The molecule has 1 atom stereocenters. The van der Waals surface area contributed by atoms with Gasteiger partial charge in [0.05, 0.1) is 23.4 Å². The second-order valence-electron chi connectivity index (χ2n) is 6.81. The van der Waals surface area contributed by atoms with Gasteiger partial charge in [0.25, 0.3) is 0 Å². The van der Waals surface area contributed by atoms with Crippen molar-refractivity contribution >= 4 is 47.2 Å². The summed E-state index contributed by atoms with van der Waals surface area (Å²) in [7, 11) is 0. The number of hydrogen-bond donors (Lipinski definition) is 2. The van der Waals surface area contributed by atoms with Gasteiger partial charge >= 0.3 is 5.97 Å². The number of hydrogen-bond acceptors (Lipinski definition) is 6. The van der Waals surface area contributed by atoms with Crippen LogP contribution in [0, 0.1) is 20.8 Å². The molecule has 0 saturated carbocycles. The highest BCUT2D eigenvalue weighted by Gasteiger charge is 2.43. The summed E-state index contributed by atoms with van der Waals surface area (Å²) in [4.78, 5) is 17.2. The zero-order valence-corrected chi connectivity index (χ0v) is 17.9. The van der Waals surface area contributed by atoms with E-state index >= 15 is 0 Å². The fourth-order valence-corrected chi connectivity index (χ4v) is 5.21. The van der Waals surface area contributed by atoms with Crippen molar-refractivity contribution in [2.45, 2.75) is 32.1 Å². The van der Waals surface area contributed by atoms with Crippen LogP contribution in [0.4, 0.5) is 0 Å². The molecule has 0 amide bonds. The molecule has 144 valence electrons. The average molecular weight is 433 g/mol. The summed E-state index contributed by atoms with van der Waals surface area (Å²) >= 11 is 12.4. The Balaban J connectivity index is 2.10. The number of carbonyl (C=O) groups is 1. The van der Waals surface area contributed by atoms with Gasteiger partial charge in [-0.05, 0) is 38.5 Å². The van der Waals surface area contributed by atoms with Gasteiger partial charge in [-0.2, -0.15) is 0 Å². The molecular weight excluding hydrogens is 416 g/mol. The number of carboxylic acid groups (broad SMARTS) is 1. The van der Waals surface area contributed by atoms with E-state index < -0.39 is 10.8 Å². The number of aliphatic imine (C=N–C) groups is 1. The minimum absolute atomic E-state index is 0.332. The second-order valence-corrected chi connectivity index (χ2v) is 9.21. The van der Waals surface area contributed by atoms with Crippen LogP contribution < -0.4 is 0 Å². The van der Waals surface area contributed by atoms with Gasteiger partial charge in [-0.15, -0.1) is 24.0 Å². The van der Waals surface area contributed by atoms with Crippen LogP contribution in [-0.2, 0) is 9.67 Å². The number of fused-ring (bicyclic) bond motifs is 3. The molecule has 1 aliphatic rings. The van der Waals surface area contributed by atoms with Crippen molar-refractivity contribution in [3.8, 4) is 10.4 Å². The lowest BCUT2D eigenvalue weighted by atomic mass is 9.96. The van der Waals surface area contributed by atoms with Crippen molar-refractivity contribution in [2.24, 2.45) is 4.99 Å². The number of benzene rings is 1. The van der Waals surface area contributed by atoms with Crippen LogP contribution in [0.1, 0.15) is 39.4 Å². The third kappa shape index (κ3) is 2.98. The largest absolute Gasteiger partial charge is 0.481 e. The lowest BCUT2D eigenvalue weighted by molar-refractivity contribution is -0.137. The fourth-order valence-electron chi connectivity index (χ4n) is 3.44. The molecule has 1 aromatic carbocycles. The number of thiophene rings is 1. The maximum Gasteiger partial charge on any atom is 0.307 e. The van der Waals surface area contributed by atoms with Crippen molar-refractivity contribution in [3.05, 3.63) is 62.3 Å². The predicted molar refractivity (Wildman–Crippen MR) is 114 cm³/mol. The topological polar surface area (TPSA) is 75.7 Å². The second kappa shape index (κ2) is 6.76. The molecule has 5 nitrogen and oxygen atoms in total. The van der Waals surface area contributed by atoms with Crippen LogP contribution in [0.25, 0.3) is 10.4 Å². The summed E-state index contributed by atoms with van der Waals surface area (Å²) in [5.74, 6) is -0.658. The molecular formula is C20H17ClN2O3S2. The number of aliphatic carboxylic acids is 1. The van der Waals surface area contributed by atoms with Gasteiger partial charge in [0.2, 0.25) is 0 Å². The van der Waals surface area contributed by atoms with E-state index in [4.69, 9.17) is 33.7 Å². The van der Waals surface area contributed by atoms with Crippen molar-refractivity contribution in [2.75, 3.05) is 0 Å². The van der Waals surface area contributed by atoms with Gasteiger partial charge in [0.1, 0.15) is 0 Å². The molecule has 1 N–H and O–H groups in total. The van der Waals surface area contributed by atoms with E-state index in [1.807, 2.05) is 26.0 Å². The molecule has 0 saturated heterocycles. The van der Waals surface area contributed by atoms with E-state index in [0.717, 1.165) is 32.0 Å². The van der Waals surface area contributed by atoms with Gasteiger partial charge < -0.3 is 9.63 Å². The lowest BCUT2D eigenvalue weighted by Crippen LogP contribution is -2.22. The van der Waals surface area contributed by atoms with Gasteiger partial charge in [0.15, 0.2) is 10.6 Å². The van der Waals surface area contributed by atoms with Crippen molar-refractivity contribution in [1.82, 2.24) is 5.16 Å². The van der Waals surface area contributed by atoms with E-state index in [1.54, 1.807) is 23.5 Å². The molecule has 8 heteroatoms. The molecule has 1 aliphatic heterocycles. The van der Waals surface area contributed by atoms with Gasteiger partial charge in [-0.3, -0.25) is 9.79 Å². The Hall–Kier alpha value is -2.09. The van der Waals surface area contributed by atoms with Crippen molar-refractivity contribution in [3.63, 3.8) is 0 Å². The van der Waals surface area contributed by atoms with E-state index in [9.17, 15) is 9.90 Å². The summed E-state index contributed by atoms with van der Waals surface area (Å²) in [6.07, 6.45) is -0.332. The highest BCUT2D eigenvalue weighted by atomic mass is 35.5. The maximum atomic E-state index is 11.6. The van der Waals surface area contributed by atoms with E-state index in [1.165, 1.54) is 0 Å². The SMILES string of the molecule is Cc1noc2c1-c1sc(C)c(C)c1C(c1ccc(Cl)cc1)=N[C@]2(S)CC(=O)O. The Bertz CT molecular complexity index is 1130. The van der Waals surface area contributed by atoms with Crippen molar-refractivity contribution in [1.29, 1.82) is 0 Å². The number of aromatic nitrogens is 1. The summed E-state index contributed by atoms with van der Waals surface area (Å²) < 4.78 is 5.58. The van der Waals surface area contributed by atoms with Crippen molar-refractivity contribution < 1.29 is 14.4 Å². The predicted octanol–water partition coefficient (Wildman–Crippen LogP) is 5.39. The van der Waals surface area contributed by atoms with Crippen LogP contribution in [-0.4, -0.2) is 21.9 Å². The van der Waals surface area contributed by atoms with E-state index in [0.29, 0.717) is 22.2 Å². The summed E-state index contributed by atoms with van der Waals surface area (Å²) in [6.45, 7) is 5.95. The standard InChI is InChI=1S/C20H17ClN2O3S2/c1-9-11(3)28-18-15(9)17(12-4-6-13(21)7-5-12)22-20(27,8-14(24)25)19-16(18)10(2)23-26-19/h4-7,27H,8H2,1-3H3,(H,24,25)/t20-/m0/s1. The molecule has 0 spiro atoms. The summed E-state index contributed by atoms with van der Waals surface area (Å²) in [5, 5.41) is 14.2. The molecule has 0 unspecified atom stereocenters. The first-order valence-corrected chi connectivity index (χ1v) is 10.2. The molecule has 3 aromatic rings. The summed E-state index contributed by atoms with van der Waals surface area (Å²) in [6, 6.07) is 7.34. The molecule has 0 fully saturated rings. The third-order valence-corrected chi connectivity index (χ3v) is 6.83. The number of nitrogens with zero attached hydrogens (tertiary/aromatic N) is 2. The third-order valence-electron chi connectivity index (χ3n) is 4.89. The molecule has 0 bridgehead atoms. The number of thiol groups is 1. The number of rotatable bonds is 3. The van der Waals surface area contributed by atoms with E-state index in [2.05, 4.69) is 12.1 Å². The van der Waals surface area contributed by atoms with Crippen LogP contribution >= 0.6 is 35.6 Å². The Kier molecular flexibility index (Phi) is 4.64. The van der Waals surface area contributed by atoms with Gasteiger partial charge in [0, 0.05) is 25.9 Å². The number of carboxylic acids is 1. The van der Waals surface area contributed by atoms with E-state index in [-0.39, 0.29) is 6.42 Å². The quantitative estimate of drug-likeness (QED) is 0.544. The minimum atomic E-state index is -1.38. The monoisotopic (exact) mass is 432 g/mol. The van der Waals surface area contributed by atoms with Crippen LogP contribution in [0.2, 0.25) is 5.02 Å². The first-order valence-electron chi connectivity index (χ1n) is 8.58. The smallest absolute Gasteiger partial charge is 0.307 e. The van der Waals surface area contributed by atoms with Crippen LogP contribution in [0.15, 0.2) is 33.8 Å². The zero-order valence-electron chi connectivity index (χ0n) is 15.4. The Morgan fingerprint density at radius 1 is 1.25 bits per heavy atom. The average Bonchev–Trinajstić information content (AvgIpc) is 3.11. The van der Waals surface area contributed by atoms with Crippen LogP contribution in [0.5, 0.6) is 0 Å². The summed E-state index contributed by atoms with van der Waals surface area (Å²) in [5.41, 5.74) is 5.03. The van der Waals surface area contributed by atoms with Crippen LogP contribution in [0.3, 0.4) is 0 Å². The first-order chi connectivity index (χ1) is 13.2. The molecule has 2 aromatic heterocycles. The Labute approximate surface area is 176 Å². The molecule has 4 rings (SSSR count). The molecule has 0 radical (unpaired) electrons.